The Hall–Kier alpha value is -1.83. The van der Waals surface area contributed by atoms with Crippen molar-refractivity contribution in [2.24, 2.45) is 0 Å². The van der Waals surface area contributed by atoms with Crippen molar-refractivity contribution in [3.63, 3.8) is 0 Å². The van der Waals surface area contributed by atoms with Gasteiger partial charge in [0.1, 0.15) is 5.01 Å². The fraction of sp³-hybridized carbons (Fsp3) is 0.0625. The predicted octanol–water partition coefficient (Wildman–Crippen LogP) is 4.23. The molecule has 2 aromatic heterocycles. The zero-order chi connectivity index (χ0) is 15.6. The molecule has 0 spiro atoms. The first-order valence-corrected chi connectivity index (χ1v) is 9.02. The van der Waals surface area contributed by atoms with Crippen LogP contribution in [0.4, 0.5) is 5.95 Å². The summed E-state index contributed by atoms with van der Waals surface area (Å²) in [5.74, 6) is 0.652. The van der Waals surface area contributed by atoms with Gasteiger partial charge in [-0.25, -0.2) is 15.0 Å². The van der Waals surface area contributed by atoms with Crippen LogP contribution in [0.15, 0.2) is 58.7 Å². The normalized spacial score (nSPS) is 17.8. The molecule has 0 amide bonds. The zero-order valence-electron chi connectivity index (χ0n) is 11.9. The summed E-state index contributed by atoms with van der Waals surface area (Å²) < 4.78 is 1.97. The first kappa shape index (κ1) is 14.7. The molecule has 0 saturated carbocycles. The lowest BCUT2D eigenvalue weighted by Gasteiger charge is -2.15. The Morgan fingerprint density at radius 2 is 2.00 bits per heavy atom. The predicted molar refractivity (Wildman–Crippen MR) is 99.9 cm³/mol. The number of nitrogens with zero attached hydrogens (tertiary/aromatic N) is 4. The third kappa shape index (κ3) is 2.87. The number of aromatic nitrogens is 3. The van der Waals surface area contributed by atoms with Crippen molar-refractivity contribution in [3.8, 4) is 0 Å². The Morgan fingerprint density at radius 3 is 2.74 bits per heavy atom. The number of allylic oxidation sites excluding steroid dienone is 4. The van der Waals surface area contributed by atoms with Crippen LogP contribution in [0.5, 0.6) is 0 Å². The molecular formula is C16H11N4S3. The lowest BCUT2D eigenvalue weighted by Crippen LogP contribution is -2.09. The van der Waals surface area contributed by atoms with Gasteiger partial charge in [-0.2, -0.15) is 0 Å². The summed E-state index contributed by atoms with van der Waals surface area (Å²) in [7, 11) is 0. The summed E-state index contributed by atoms with van der Waals surface area (Å²) in [5, 5.41) is 2.96. The fourth-order valence-corrected chi connectivity index (χ4v) is 4.42. The molecule has 4 nitrogen and oxygen atoms in total. The van der Waals surface area contributed by atoms with Crippen LogP contribution in [-0.4, -0.2) is 19.8 Å². The third-order valence-corrected chi connectivity index (χ3v) is 5.62. The minimum Gasteiger partial charge on any atom is -0.270 e. The van der Waals surface area contributed by atoms with Crippen LogP contribution in [0, 0.1) is 6.54 Å². The lowest BCUT2D eigenvalue weighted by atomic mass is 10.0. The molecule has 4 rings (SSSR count). The Bertz CT molecular complexity index is 822. The molecule has 7 heteroatoms. The summed E-state index contributed by atoms with van der Waals surface area (Å²) in [6.45, 7) is 2.04. The smallest absolute Gasteiger partial charge is 0.236 e. The van der Waals surface area contributed by atoms with Crippen LogP contribution in [0.2, 0.25) is 0 Å². The van der Waals surface area contributed by atoms with E-state index in [4.69, 9.17) is 12.2 Å². The van der Waals surface area contributed by atoms with E-state index in [1.807, 2.05) is 28.5 Å². The minimum absolute atomic E-state index is 0.652. The van der Waals surface area contributed by atoms with Crippen molar-refractivity contribution in [3.05, 3.63) is 70.3 Å². The fourth-order valence-electron chi connectivity index (χ4n) is 2.30. The molecule has 1 aliphatic carbocycles. The average Bonchev–Trinajstić information content (AvgIpc) is 3.25. The van der Waals surface area contributed by atoms with Gasteiger partial charge < -0.3 is 0 Å². The van der Waals surface area contributed by atoms with E-state index in [1.165, 1.54) is 0 Å². The van der Waals surface area contributed by atoms with Crippen molar-refractivity contribution in [1.82, 2.24) is 15.0 Å². The van der Waals surface area contributed by atoms with Crippen molar-refractivity contribution in [2.75, 3.05) is 4.31 Å². The highest BCUT2D eigenvalue weighted by atomic mass is 32.2. The maximum absolute atomic E-state index is 5.55. The van der Waals surface area contributed by atoms with E-state index >= 15 is 0 Å². The van der Waals surface area contributed by atoms with Crippen molar-refractivity contribution >= 4 is 51.9 Å². The largest absolute Gasteiger partial charge is 0.270 e. The quantitative estimate of drug-likeness (QED) is 0.606. The first-order chi connectivity index (χ1) is 11.3. The lowest BCUT2D eigenvalue weighted by molar-refractivity contribution is 1.11. The molecular weight excluding hydrogens is 344 g/mol. The van der Waals surface area contributed by atoms with Crippen LogP contribution >= 0.6 is 35.5 Å². The summed E-state index contributed by atoms with van der Waals surface area (Å²) in [6.07, 6.45) is 12.3. The number of hydrogen-bond donors (Lipinski definition) is 0. The van der Waals surface area contributed by atoms with Gasteiger partial charge >= 0.3 is 0 Å². The molecule has 0 N–H and O–H groups in total. The summed E-state index contributed by atoms with van der Waals surface area (Å²) in [6, 6.07) is 1.81. The number of rotatable bonds is 3. The topological polar surface area (TPSA) is 41.9 Å². The highest BCUT2D eigenvalue weighted by Gasteiger charge is 2.31. The number of thiazole rings is 1. The van der Waals surface area contributed by atoms with Crippen LogP contribution < -0.4 is 4.31 Å². The van der Waals surface area contributed by atoms with E-state index in [9.17, 15) is 0 Å². The first-order valence-electron chi connectivity index (χ1n) is 6.96. The van der Waals surface area contributed by atoms with E-state index in [2.05, 4.69) is 33.2 Å². The van der Waals surface area contributed by atoms with E-state index in [0.717, 1.165) is 32.3 Å². The summed E-state index contributed by atoms with van der Waals surface area (Å²) in [5.41, 5.74) is 2.16. The van der Waals surface area contributed by atoms with E-state index in [0.29, 0.717) is 5.95 Å². The highest BCUT2D eigenvalue weighted by Crippen LogP contribution is 2.47. The van der Waals surface area contributed by atoms with Crippen LogP contribution in [0.25, 0.3) is 5.57 Å². The van der Waals surface area contributed by atoms with E-state index in [-0.39, 0.29) is 0 Å². The van der Waals surface area contributed by atoms with Gasteiger partial charge in [-0.1, -0.05) is 30.4 Å². The Kier molecular flexibility index (Phi) is 4.07. The SMILES string of the molecule is S=C1CC=CC=C1C1=C(c2nccs2)[CH]N(c2ncccn2)S1. The molecule has 3 heterocycles. The van der Waals surface area contributed by atoms with Gasteiger partial charge in [-0.05, 0) is 18.0 Å². The molecule has 113 valence electrons. The number of thiocarbonyl (C=S) groups is 1. The maximum atomic E-state index is 5.55. The van der Waals surface area contributed by atoms with Crippen LogP contribution in [0.1, 0.15) is 11.4 Å². The van der Waals surface area contributed by atoms with E-state index < -0.39 is 0 Å². The van der Waals surface area contributed by atoms with Gasteiger partial charge in [-0.15, -0.1) is 11.3 Å². The Labute approximate surface area is 147 Å². The molecule has 1 aliphatic heterocycles. The van der Waals surface area contributed by atoms with Crippen molar-refractivity contribution in [1.29, 1.82) is 0 Å². The molecule has 0 unspecified atom stereocenters. The number of hydrogen-bond acceptors (Lipinski definition) is 7. The average molecular weight is 355 g/mol. The van der Waals surface area contributed by atoms with Gasteiger partial charge in [-0.3, -0.25) is 4.31 Å². The second kappa shape index (κ2) is 6.35. The molecule has 1 radical (unpaired) electrons. The van der Waals surface area contributed by atoms with Gasteiger partial charge in [0.15, 0.2) is 0 Å². The summed E-state index contributed by atoms with van der Waals surface area (Å²) >= 11 is 8.76. The molecule has 23 heavy (non-hydrogen) atoms. The van der Waals surface area contributed by atoms with Crippen LogP contribution in [0.3, 0.4) is 0 Å². The maximum Gasteiger partial charge on any atom is 0.236 e. The molecule has 0 saturated heterocycles. The third-order valence-electron chi connectivity index (χ3n) is 3.34. The molecule has 0 atom stereocenters. The molecule has 2 aliphatic rings. The van der Waals surface area contributed by atoms with Gasteiger partial charge in [0, 0.05) is 51.3 Å². The number of anilines is 1. The Balaban J connectivity index is 1.75. The van der Waals surface area contributed by atoms with Crippen molar-refractivity contribution < 1.29 is 0 Å². The molecule has 0 aromatic carbocycles. The standard InChI is InChI=1S/C16H11N4S3/c21-13-5-2-1-4-11(13)14-12(15-17-8-9-22-15)10-20(23-14)16-18-6-3-7-19-16/h1-4,6-10H,5H2. The van der Waals surface area contributed by atoms with Gasteiger partial charge in [0.2, 0.25) is 5.95 Å². The molecule has 0 fully saturated rings. The minimum atomic E-state index is 0.652. The van der Waals surface area contributed by atoms with Crippen molar-refractivity contribution in [2.45, 2.75) is 6.42 Å². The monoisotopic (exact) mass is 355 g/mol. The van der Waals surface area contributed by atoms with E-state index in [1.54, 1.807) is 35.7 Å². The summed E-state index contributed by atoms with van der Waals surface area (Å²) in [4.78, 5) is 15.2. The highest BCUT2D eigenvalue weighted by molar-refractivity contribution is 8.05. The second-order valence-electron chi connectivity index (χ2n) is 4.81. The van der Waals surface area contributed by atoms with Gasteiger partial charge in [0.05, 0.1) is 6.54 Å². The zero-order valence-corrected chi connectivity index (χ0v) is 14.4. The Morgan fingerprint density at radius 1 is 1.13 bits per heavy atom. The molecule has 0 bridgehead atoms. The second-order valence-corrected chi connectivity index (χ2v) is 7.18. The van der Waals surface area contributed by atoms with Gasteiger partial charge in [0.25, 0.3) is 0 Å². The van der Waals surface area contributed by atoms with Crippen LogP contribution in [-0.2, 0) is 0 Å². The molecule has 2 aromatic rings.